The van der Waals surface area contributed by atoms with Crippen molar-refractivity contribution in [3.63, 3.8) is 0 Å². The molecule has 0 unspecified atom stereocenters. The zero-order valence-electron chi connectivity index (χ0n) is 14.3. The van der Waals surface area contributed by atoms with Crippen molar-refractivity contribution in [3.05, 3.63) is 58.3 Å². The van der Waals surface area contributed by atoms with E-state index in [0.717, 1.165) is 11.3 Å². The van der Waals surface area contributed by atoms with Gasteiger partial charge in [-0.25, -0.2) is 4.99 Å². The Labute approximate surface area is 146 Å². The van der Waals surface area contributed by atoms with E-state index in [4.69, 9.17) is 0 Å². The number of aryl methyl sites for hydroxylation is 2. The number of aliphatic imine (C=N–C) groups is 1. The molecule has 4 nitrogen and oxygen atoms in total. The maximum absolute atomic E-state index is 12.2. The molecule has 0 aliphatic carbocycles. The molecule has 1 saturated heterocycles. The molecule has 24 heavy (non-hydrogen) atoms. The zero-order valence-corrected chi connectivity index (χ0v) is 15.1. The van der Waals surface area contributed by atoms with Gasteiger partial charge in [0.15, 0.2) is 5.17 Å². The highest BCUT2D eigenvalue weighted by Crippen LogP contribution is 2.28. The van der Waals surface area contributed by atoms with Crippen LogP contribution in [-0.2, 0) is 4.79 Å². The van der Waals surface area contributed by atoms with E-state index in [2.05, 4.69) is 47.9 Å². The van der Waals surface area contributed by atoms with Crippen molar-refractivity contribution in [3.8, 4) is 0 Å². The van der Waals surface area contributed by atoms with Crippen LogP contribution in [0.5, 0.6) is 0 Å². The van der Waals surface area contributed by atoms with E-state index < -0.39 is 0 Å². The topological polar surface area (TPSA) is 46.4 Å². The average Bonchev–Trinajstić information content (AvgIpc) is 3.05. The number of carbonyl (C=O) groups is 1. The molecule has 2 aromatic rings. The van der Waals surface area contributed by atoms with Crippen LogP contribution in [0, 0.1) is 13.8 Å². The summed E-state index contributed by atoms with van der Waals surface area (Å²) in [5.74, 6) is -0.0965. The van der Waals surface area contributed by atoms with Crippen molar-refractivity contribution in [1.29, 1.82) is 0 Å². The first kappa shape index (κ1) is 16.6. The summed E-state index contributed by atoms with van der Waals surface area (Å²) in [7, 11) is 0. The van der Waals surface area contributed by atoms with Gasteiger partial charge in [0.2, 0.25) is 0 Å². The number of amides is 1. The molecule has 1 aliphatic rings. The number of carbonyl (C=O) groups excluding carboxylic acids is 1. The van der Waals surface area contributed by atoms with E-state index in [9.17, 15) is 4.79 Å². The van der Waals surface area contributed by atoms with E-state index in [0.29, 0.717) is 16.1 Å². The largest absolute Gasteiger partial charge is 0.349 e. The molecule has 1 aliphatic heterocycles. The van der Waals surface area contributed by atoms with Crippen LogP contribution in [0.1, 0.15) is 36.7 Å². The van der Waals surface area contributed by atoms with Crippen LogP contribution < -0.4 is 5.32 Å². The van der Waals surface area contributed by atoms with Gasteiger partial charge in [0.25, 0.3) is 5.91 Å². The van der Waals surface area contributed by atoms with Gasteiger partial charge in [-0.2, -0.15) is 0 Å². The SMILES string of the molecule is Cc1ccc(N=C2NC(=O)/C(=C\c3cc(C)n(C(C)C)c3)S2)cc1. The van der Waals surface area contributed by atoms with Gasteiger partial charge in [-0.1, -0.05) is 17.7 Å². The first-order valence-corrected chi connectivity index (χ1v) is 8.79. The normalized spacial score (nSPS) is 18.0. The maximum atomic E-state index is 12.2. The van der Waals surface area contributed by atoms with Crippen molar-refractivity contribution in [1.82, 2.24) is 9.88 Å². The minimum atomic E-state index is -0.0965. The van der Waals surface area contributed by atoms with Gasteiger partial charge in [0, 0.05) is 17.9 Å². The summed E-state index contributed by atoms with van der Waals surface area (Å²) in [6.45, 7) is 8.41. The molecule has 0 radical (unpaired) electrons. The van der Waals surface area contributed by atoms with Gasteiger partial charge in [0.1, 0.15) is 0 Å². The number of aromatic nitrogens is 1. The van der Waals surface area contributed by atoms with Crippen LogP contribution in [0.4, 0.5) is 5.69 Å². The second-order valence-electron chi connectivity index (χ2n) is 6.23. The first-order chi connectivity index (χ1) is 11.4. The molecule has 1 aromatic heterocycles. The molecule has 1 fully saturated rings. The number of nitrogens with one attached hydrogen (secondary N) is 1. The Morgan fingerprint density at radius 3 is 2.54 bits per heavy atom. The van der Waals surface area contributed by atoms with Gasteiger partial charge in [-0.15, -0.1) is 0 Å². The lowest BCUT2D eigenvalue weighted by atomic mass is 10.2. The summed E-state index contributed by atoms with van der Waals surface area (Å²) >= 11 is 1.38. The highest BCUT2D eigenvalue weighted by Gasteiger charge is 2.24. The van der Waals surface area contributed by atoms with Crippen molar-refractivity contribution in [2.45, 2.75) is 33.7 Å². The van der Waals surface area contributed by atoms with Crippen LogP contribution in [0.25, 0.3) is 6.08 Å². The van der Waals surface area contributed by atoms with E-state index in [-0.39, 0.29) is 5.91 Å². The first-order valence-electron chi connectivity index (χ1n) is 7.97. The molecule has 2 heterocycles. The quantitative estimate of drug-likeness (QED) is 0.832. The van der Waals surface area contributed by atoms with Crippen molar-refractivity contribution >= 4 is 34.6 Å². The molecule has 5 heteroatoms. The molecule has 0 atom stereocenters. The van der Waals surface area contributed by atoms with Crippen LogP contribution in [0.3, 0.4) is 0 Å². The molecule has 0 bridgehead atoms. The lowest BCUT2D eigenvalue weighted by Gasteiger charge is -2.08. The molecule has 0 spiro atoms. The van der Waals surface area contributed by atoms with Crippen molar-refractivity contribution in [2.75, 3.05) is 0 Å². The number of nitrogens with zero attached hydrogens (tertiary/aromatic N) is 2. The third-order valence-electron chi connectivity index (χ3n) is 3.84. The number of amidine groups is 1. The molecule has 0 saturated carbocycles. The van der Waals surface area contributed by atoms with Gasteiger partial charge >= 0.3 is 0 Å². The Balaban J connectivity index is 1.82. The van der Waals surface area contributed by atoms with E-state index in [1.807, 2.05) is 37.3 Å². The van der Waals surface area contributed by atoms with E-state index in [1.54, 1.807) is 0 Å². The summed E-state index contributed by atoms with van der Waals surface area (Å²) in [4.78, 5) is 17.3. The minimum Gasteiger partial charge on any atom is -0.349 e. The standard InChI is InChI=1S/C19H21N3OS/c1-12(2)22-11-15(9-14(22)4)10-17-18(23)21-19(24-17)20-16-7-5-13(3)6-8-16/h5-12H,1-4H3,(H,20,21,23)/b17-10+. The number of hydrogen-bond donors (Lipinski definition) is 1. The highest BCUT2D eigenvalue weighted by molar-refractivity contribution is 8.18. The third kappa shape index (κ3) is 3.62. The predicted molar refractivity (Wildman–Crippen MR) is 102 cm³/mol. The maximum Gasteiger partial charge on any atom is 0.264 e. The lowest BCUT2D eigenvalue weighted by Crippen LogP contribution is -2.19. The Kier molecular flexibility index (Phi) is 4.62. The molecule has 124 valence electrons. The number of rotatable bonds is 3. The number of thioether (sulfide) groups is 1. The molecular formula is C19H21N3OS. The molecule has 1 amide bonds. The van der Waals surface area contributed by atoms with Gasteiger partial charge in [-0.05, 0) is 69.3 Å². The summed E-state index contributed by atoms with van der Waals surface area (Å²) < 4.78 is 2.20. The highest BCUT2D eigenvalue weighted by atomic mass is 32.2. The second kappa shape index (κ2) is 6.69. The van der Waals surface area contributed by atoms with Crippen LogP contribution in [-0.4, -0.2) is 15.6 Å². The Hall–Kier alpha value is -2.27. The van der Waals surface area contributed by atoms with Gasteiger partial charge < -0.3 is 9.88 Å². The molecule has 1 N–H and O–H groups in total. The Morgan fingerprint density at radius 1 is 1.21 bits per heavy atom. The lowest BCUT2D eigenvalue weighted by molar-refractivity contribution is -0.115. The Morgan fingerprint density at radius 2 is 1.92 bits per heavy atom. The van der Waals surface area contributed by atoms with Crippen molar-refractivity contribution in [2.24, 2.45) is 4.99 Å². The molecular weight excluding hydrogens is 318 g/mol. The third-order valence-corrected chi connectivity index (χ3v) is 4.75. The zero-order chi connectivity index (χ0) is 17.3. The van der Waals surface area contributed by atoms with Crippen LogP contribution >= 0.6 is 11.8 Å². The van der Waals surface area contributed by atoms with Crippen LogP contribution in [0.15, 0.2) is 46.4 Å². The van der Waals surface area contributed by atoms with Gasteiger partial charge in [0.05, 0.1) is 10.6 Å². The van der Waals surface area contributed by atoms with Gasteiger partial charge in [-0.3, -0.25) is 4.79 Å². The molecule has 3 rings (SSSR count). The monoisotopic (exact) mass is 339 g/mol. The summed E-state index contributed by atoms with van der Waals surface area (Å²) in [6.07, 6.45) is 4.00. The van der Waals surface area contributed by atoms with E-state index in [1.165, 1.54) is 23.0 Å². The Bertz CT molecular complexity index is 829. The van der Waals surface area contributed by atoms with Crippen LogP contribution in [0.2, 0.25) is 0 Å². The smallest absolute Gasteiger partial charge is 0.264 e. The fourth-order valence-corrected chi connectivity index (χ4v) is 3.46. The second-order valence-corrected chi connectivity index (χ2v) is 7.26. The summed E-state index contributed by atoms with van der Waals surface area (Å²) in [5, 5.41) is 3.45. The number of hydrogen-bond acceptors (Lipinski definition) is 3. The minimum absolute atomic E-state index is 0.0965. The van der Waals surface area contributed by atoms with Crippen molar-refractivity contribution < 1.29 is 4.79 Å². The average molecular weight is 339 g/mol. The fraction of sp³-hybridized carbons (Fsp3) is 0.263. The molecule has 1 aromatic carbocycles. The summed E-state index contributed by atoms with van der Waals surface area (Å²) in [6, 6.07) is 10.4. The van der Waals surface area contributed by atoms with E-state index >= 15 is 0 Å². The summed E-state index contributed by atoms with van der Waals surface area (Å²) in [5.41, 5.74) is 4.25. The predicted octanol–water partition coefficient (Wildman–Crippen LogP) is 4.58. The fourth-order valence-electron chi connectivity index (χ4n) is 2.62. The number of benzene rings is 1.